The first-order valence-corrected chi connectivity index (χ1v) is 7.77. The van der Waals surface area contributed by atoms with E-state index in [9.17, 15) is 14.4 Å². The molecule has 6 nitrogen and oxygen atoms in total. The van der Waals surface area contributed by atoms with Gasteiger partial charge in [0.15, 0.2) is 0 Å². The van der Waals surface area contributed by atoms with Crippen molar-refractivity contribution in [3.8, 4) is 0 Å². The van der Waals surface area contributed by atoms with Crippen LogP contribution in [0.15, 0.2) is 24.3 Å². The van der Waals surface area contributed by atoms with E-state index in [0.29, 0.717) is 10.7 Å². The summed E-state index contributed by atoms with van der Waals surface area (Å²) >= 11 is 6.09. The third-order valence-corrected chi connectivity index (χ3v) is 4.19. The second kappa shape index (κ2) is 7.00. The van der Waals surface area contributed by atoms with Crippen LogP contribution in [0.4, 0.5) is 5.69 Å². The highest BCUT2D eigenvalue weighted by atomic mass is 35.5. The second-order valence-electron chi connectivity index (χ2n) is 5.93. The van der Waals surface area contributed by atoms with Crippen molar-refractivity contribution in [1.29, 1.82) is 0 Å². The number of benzene rings is 1. The van der Waals surface area contributed by atoms with E-state index in [2.05, 4.69) is 5.32 Å². The average Bonchev–Trinajstić information content (AvgIpc) is 2.86. The van der Waals surface area contributed by atoms with Gasteiger partial charge in [-0.15, -0.1) is 0 Å². The van der Waals surface area contributed by atoms with Crippen LogP contribution in [0.3, 0.4) is 0 Å². The molecule has 7 heteroatoms. The van der Waals surface area contributed by atoms with Crippen LogP contribution in [0.25, 0.3) is 0 Å². The maximum Gasteiger partial charge on any atom is 0.326 e. The summed E-state index contributed by atoms with van der Waals surface area (Å²) in [4.78, 5) is 37.1. The number of carboxylic acid groups (broad SMARTS) is 1. The number of carboxylic acids is 1. The van der Waals surface area contributed by atoms with Crippen LogP contribution in [0.5, 0.6) is 0 Å². The molecule has 1 heterocycles. The summed E-state index contributed by atoms with van der Waals surface area (Å²) in [5, 5.41) is 12.1. The van der Waals surface area contributed by atoms with E-state index in [0.717, 1.165) is 0 Å². The second-order valence-corrected chi connectivity index (χ2v) is 6.33. The molecular weight excluding hydrogens is 320 g/mol. The number of aliphatic carboxylic acids is 1. The largest absolute Gasteiger partial charge is 0.480 e. The Kier molecular flexibility index (Phi) is 5.26. The van der Waals surface area contributed by atoms with Crippen LogP contribution in [0.2, 0.25) is 5.02 Å². The van der Waals surface area contributed by atoms with Crippen LogP contribution < -0.4 is 10.2 Å². The predicted molar refractivity (Wildman–Crippen MR) is 86.3 cm³/mol. The first-order valence-electron chi connectivity index (χ1n) is 7.39. The average molecular weight is 339 g/mol. The van der Waals surface area contributed by atoms with Gasteiger partial charge in [0.05, 0.1) is 16.6 Å². The quantitative estimate of drug-likeness (QED) is 0.858. The molecule has 1 saturated heterocycles. The first kappa shape index (κ1) is 17.3. The molecule has 0 bridgehead atoms. The minimum Gasteiger partial charge on any atom is -0.480 e. The molecule has 2 N–H and O–H groups in total. The molecule has 124 valence electrons. The summed E-state index contributed by atoms with van der Waals surface area (Å²) in [5.41, 5.74) is 0.563. The van der Waals surface area contributed by atoms with E-state index < -0.39 is 23.8 Å². The molecular formula is C16H19ClN2O4. The lowest BCUT2D eigenvalue weighted by atomic mass is 10.0. The van der Waals surface area contributed by atoms with Crippen LogP contribution in [0, 0.1) is 11.8 Å². The molecule has 0 radical (unpaired) electrons. The molecule has 0 aliphatic carbocycles. The van der Waals surface area contributed by atoms with Crippen molar-refractivity contribution in [3.05, 3.63) is 29.3 Å². The summed E-state index contributed by atoms with van der Waals surface area (Å²) in [7, 11) is 0. The lowest BCUT2D eigenvalue weighted by molar-refractivity contribution is -0.143. The lowest BCUT2D eigenvalue weighted by Crippen LogP contribution is -2.47. The van der Waals surface area contributed by atoms with Crippen LogP contribution in [0.1, 0.15) is 20.3 Å². The van der Waals surface area contributed by atoms with E-state index in [1.165, 1.54) is 4.90 Å². The van der Waals surface area contributed by atoms with Gasteiger partial charge in [-0.2, -0.15) is 0 Å². The Labute approximate surface area is 139 Å². The molecule has 1 fully saturated rings. The van der Waals surface area contributed by atoms with E-state index in [-0.39, 0.29) is 24.8 Å². The van der Waals surface area contributed by atoms with Gasteiger partial charge in [-0.25, -0.2) is 4.79 Å². The summed E-state index contributed by atoms with van der Waals surface area (Å²) in [6, 6.07) is 5.95. The molecule has 1 aliphatic heterocycles. The number of halogens is 1. The number of nitrogens with one attached hydrogen (secondary N) is 1. The smallest absolute Gasteiger partial charge is 0.326 e. The van der Waals surface area contributed by atoms with Gasteiger partial charge in [-0.1, -0.05) is 37.6 Å². The molecule has 2 atom stereocenters. The van der Waals surface area contributed by atoms with Crippen molar-refractivity contribution < 1.29 is 19.5 Å². The van der Waals surface area contributed by atoms with E-state index in [1.807, 2.05) is 0 Å². The number of nitrogens with zero attached hydrogens (tertiary/aromatic N) is 1. The zero-order chi connectivity index (χ0) is 17.1. The summed E-state index contributed by atoms with van der Waals surface area (Å²) in [6.45, 7) is 3.63. The van der Waals surface area contributed by atoms with Gasteiger partial charge < -0.3 is 15.3 Å². The number of carbonyl (C=O) groups is 3. The molecule has 0 saturated carbocycles. The van der Waals surface area contributed by atoms with Crippen molar-refractivity contribution in [3.63, 3.8) is 0 Å². The SMILES string of the molecule is CC(C)C(NC(=O)C1CC(=O)N(c2ccccc2Cl)C1)C(=O)O. The molecule has 1 aliphatic rings. The number of rotatable bonds is 5. The Morgan fingerprint density at radius 2 is 2.00 bits per heavy atom. The summed E-state index contributed by atoms with van der Waals surface area (Å²) in [6.07, 6.45) is 0.0431. The van der Waals surface area contributed by atoms with Crippen molar-refractivity contribution >= 4 is 35.1 Å². The molecule has 2 rings (SSSR count). The first-order chi connectivity index (χ1) is 10.8. The van der Waals surface area contributed by atoms with Gasteiger partial charge in [0.25, 0.3) is 0 Å². The highest BCUT2D eigenvalue weighted by Gasteiger charge is 2.37. The fourth-order valence-corrected chi connectivity index (χ4v) is 2.81. The molecule has 0 spiro atoms. The Morgan fingerprint density at radius 1 is 1.35 bits per heavy atom. The van der Waals surface area contributed by atoms with E-state index >= 15 is 0 Å². The maximum atomic E-state index is 12.3. The Bertz CT molecular complexity index is 632. The van der Waals surface area contributed by atoms with Crippen molar-refractivity contribution in [2.75, 3.05) is 11.4 Å². The molecule has 1 aromatic carbocycles. The number of hydrogen-bond acceptors (Lipinski definition) is 3. The molecule has 2 unspecified atom stereocenters. The van der Waals surface area contributed by atoms with E-state index in [1.54, 1.807) is 38.1 Å². The zero-order valence-corrected chi connectivity index (χ0v) is 13.7. The number of anilines is 1. The molecule has 2 amide bonds. The monoisotopic (exact) mass is 338 g/mol. The Hall–Kier alpha value is -2.08. The van der Waals surface area contributed by atoms with Crippen LogP contribution in [-0.2, 0) is 14.4 Å². The van der Waals surface area contributed by atoms with Gasteiger partial charge in [-0.3, -0.25) is 9.59 Å². The third-order valence-electron chi connectivity index (χ3n) is 3.87. The Balaban J connectivity index is 2.09. The Morgan fingerprint density at radius 3 is 2.57 bits per heavy atom. The fraction of sp³-hybridized carbons (Fsp3) is 0.438. The summed E-state index contributed by atoms with van der Waals surface area (Å²) < 4.78 is 0. The number of carbonyl (C=O) groups excluding carboxylic acids is 2. The van der Waals surface area contributed by atoms with E-state index in [4.69, 9.17) is 16.7 Å². The highest BCUT2D eigenvalue weighted by Crippen LogP contribution is 2.31. The van der Waals surface area contributed by atoms with Gasteiger partial charge in [-0.05, 0) is 18.1 Å². The lowest BCUT2D eigenvalue weighted by Gasteiger charge is -2.21. The van der Waals surface area contributed by atoms with Gasteiger partial charge >= 0.3 is 5.97 Å². The van der Waals surface area contributed by atoms with Crippen molar-refractivity contribution in [2.45, 2.75) is 26.3 Å². The maximum absolute atomic E-state index is 12.3. The minimum atomic E-state index is -1.08. The molecule has 0 aromatic heterocycles. The molecule has 23 heavy (non-hydrogen) atoms. The summed E-state index contributed by atoms with van der Waals surface area (Å²) in [5.74, 6) is -2.53. The fourth-order valence-electron chi connectivity index (χ4n) is 2.57. The predicted octanol–water partition coefficient (Wildman–Crippen LogP) is 1.92. The van der Waals surface area contributed by atoms with Crippen molar-refractivity contribution in [2.24, 2.45) is 11.8 Å². The molecule has 1 aromatic rings. The number of hydrogen-bond donors (Lipinski definition) is 2. The van der Waals surface area contributed by atoms with Gasteiger partial charge in [0.2, 0.25) is 11.8 Å². The third kappa shape index (κ3) is 3.82. The van der Waals surface area contributed by atoms with Crippen molar-refractivity contribution in [1.82, 2.24) is 5.32 Å². The van der Waals surface area contributed by atoms with Crippen LogP contribution in [-0.4, -0.2) is 35.5 Å². The normalized spacial score (nSPS) is 19.0. The van der Waals surface area contributed by atoms with Crippen LogP contribution >= 0.6 is 11.6 Å². The number of amides is 2. The number of para-hydroxylation sites is 1. The highest BCUT2D eigenvalue weighted by molar-refractivity contribution is 6.33. The topological polar surface area (TPSA) is 86.7 Å². The van der Waals surface area contributed by atoms with Gasteiger partial charge in [0, 0.05) is 13.0 Å². The van der Waals surface area contributed by atoms with Gasteiger partial charge in [0.1, 0.15) is 6.04 Å². The zero-order valence-electron chi connectivity index (χ0n) is 13.0. The standard InChI is InChI=1S/C16H19ClN2O4/c1-9(2)14(16(22)23)18-15(21)10-7-13(20)19(8-10)12-6-4-3-5-11(12)17/h3-6,9-10,14H,7-8H2,1-2H3,(H,18,21)(H,22,23). The minimum absolute atomic E-state index is 0.0431.